The lowest BCUT2D eigenvalue weighted by Crippen LogP contribution is -2.40. The minimum Gasteiger partial charge on any atom is -0.376 e. The molecule has 2 aromatic carbocycles. The molecular weight excluding hydrogens is 407 g/mol. The maximum absolute atomic E-state index is 12.9. The van der Waals surface area contributed by atoms with Crippen molar-refractivity contribution in [2.24, 2.45) is 7.05 Å². The molecule has 0 saturated heterocycles. The van der Waals surface area contributed by atoms with Gasteiger partial charge >= 0.3 is 15.6 Å². The van der Waals surface area contributed by atoms with Crippen LogP contribution in [0.5, 0.6) is 5.75 Å². The molecule has 0 unspecified atom stereocenters. The van der Waals surface area contributed by atoms with E-state index in [2.05, 4.69) is 4.18 Å². The van der Waals surface area contributed by atoms with Crippen molar-refractivity contribution in [3.8, 4) is 16.9 Å². The Bertz CT molecular complexity index is 1130. The Morgan fingerprint density at radius 1 is 1.04 bits per heavy atom. The van der Waals surface area contributed by atoms with E-state index in [1.54, 1.807) is 6.07 Å². The van der Waals surface area contributed by atoms with Gasteiger partial charge in [-0.1, -0.05) is 50.0 Å². The number of nitrogens with zero attached hydrogens (tertiary/aromatic N) is 1. The molecule has 0 saturated carbocycles. The molecular formula is C19H20F3NO3SSi. The zero-order chi connectivity index (χ0) is 20.9. The third-order valence-corrected chi connectivity index (χ3v) is 7.44. The third kappa shape index (κ3) is 3.68. The summed E-state index contributed by atoms with van der Waals surface area (Å²) in [6.45, 7) is 5.76. The van der Waals surface area contributed by atoms with E-state index in [0.29, 0.717) is 10.6 Å². The summed E-state index contributed by atoms with van der Waals surface area (Å²) < 4.78 is 68.5. The number of alkyl halides is 3. The molecule has 28 heavy (non-hydrogen) atoms. The molecule has 3 rings (SSSR count). The third-order valence-electron chi connectivity index (χ3n) is 4.47. The normalized spacial score (nSPS) is 13.1. The van der Waals surface area contributed by atoms with E-state index >= 15 is 0 Å². The molecule has 4 nitrogen and oxygen atoms in total. The van der Waals surface area contributed by atoms with Crippen LogP contribution in [0, 0.1) is 0 Å². The molecule has 0 aliphatic rings. The number of aryl methyl sites for hydroxylation is 1. The molecule has 0 amide bonds. The summed E-state index contributed by atoms with van der Waals surface area (Å²) in [6, 6.07) is 12.5. The second-order valence-corrected chi connectivity index (χ2v) is 14.2. The highest BCUT2D eigenvalue weighted by Gasteiger charge is 2.49. The Balaban J connectivity index is 2.30. The van der Waals surface area contributed by atoms with Gasteiger partial charge in [-0.2, -0.15) is 21.6 Å². The van der Waals surface area contributed by atoms with Crippen molar-refractivity contribution in [2.45, 2.75) is 25.1 Å². The van der Waals surface area contributed by atoms with Crippen molar-refractivity contribution in [3.05, 3.63) is 48.7 Å². The molecule has 0 fully saturated rings. The number of aromatic nitrogens is 1. The van der Waals surface area contributed by atoms with Crippen molar-refractivity contribution < 1.29 is 25.8 Å². The largest absolute Gasteiger partial charge is 0.534 e. The number of hydrogen-bond donors (Lipinski definition) is 0. The van der Waals surface area contributed by atoms with Crippen molar-refractivity contribution in [2.75, 3.05) is 0 Å². The Hall–Kier alpha value is -2.26. The van der Waals surface area contributed by atoms with Crippen LogP contribution in [-0.4, -0.2) is 26.6 Å². The molecule has 0 bridgehead atoms. The molecule has 0 aliphatic carbocycles. The summed E-state index contributed by atoms with van der Waals surface area (Å²) in [4.78, 5) is 0. The monoisotopic (exact) mass is 427 g/mol. The SMILES string of the molecule is Cn1cc(-c2ccccc2)c2cc(OS(=O)(=O)C(F)(F)F)c([Si](C)(C)C)cc21. The van der Waals surface area contributed by atoms with E-state index in [9.17, 15) is 21.6 Å². The highest BCUT2D eigenvalue weighted by Crippen LogP contribution is 2.35. The Morgan fingerprint density at radius 3 is 2.18 bits per heavy atom. The predicted molar refractivity (Wildman–Crippen MR) is 107 cm³/mol. The van der Waals surface area contributed by atoms with Crippen LogP contribution in [0.3, 0.4) is 0 Å². The van der Waals surface area contributed by atoms with Crippen LogP contribution >= 0.6 is 0 Å². The fraction of sp³-hybridized carbons (Fsp3) is 0.263. The average molecular weight is 428 g/mol. The number of halogens is 3. The van der Waals surface area contributed by atoms with E-state index in [1.807, 2.05) is 67.8 Å². The standard InChI is InChI=1S/C19H20F3NO3SSi/c1-23-12-15(13-8-6-5-7-9-13)14-10-17(26-27(24,25)19(20,21)22)18(11-16(14)23)28(2,3)4/h5-12H,1-4H3. The molecule has 0 spiro atoms. The van der Waals surface area contributed by atoms with Crippen molar-refractivity contribution in [3.63, 3.8) is 0 Å². The molecule has 0 N–H and O–H groups in total. The van der Waals surface area contributed by atoms with Crippen LogP contribution < -0.4 is 9.37 Å². The minimum atomic E-state index is -5.76. The molecule has 0 aliphatic heterocycles. The Labute approximate surface area is 162 Å². The van der Waals surface area contributed by atoms with E-state index in [-0.39, 0.29) is 5.75 Å². The fourth-order valence-corrected chi connectivity index (χ4v) is 5.05. The van der Waals surface area contributed by atoms with Gasteiger partial charge in [-0.15, -0.1) is 0 Å². The van der Waals surface area contributed by atoms with Gasteiger partial charge in [0.1, 0.15) is 5.75 Å². The number of hydrogen-bond acceptors (Lipinski definition) is 3. The van der Waals surface area contributed by atoms with Crippen LogP contribution in [-0.2, 0) is 17.2 Å². The van der Waals surface area contributed by atoms with Crippen molar-refractivity contribution in [1.29, 1.82) is 0 Å². The van der Waals surface area contributed by atoms with Gasteiger partial charge in [-0.25, -0.2) is 0 Å². The van der Waals surface area contributed by atoms with Crippen LogP contribution in [0.4, 0.5) is 13.2 Å². The van der Waals surface area contributed by atoms with Gasteiger partial charge in [0.25, 0.3) is 0 Å². The summed E-state index contributed by atoms with van der Waals surface area (Å²) in [5.74, 6) is -0.257. The second-order valence-electron chi connectivity index (χ2n) is 7.62. The molecule has 0 atom stereocenters. The van der Waals surface area contributed by atoms with Gasteiger partial charge in [0.05, 0.1) is 8.07 Å². The van der Waals surface area contributed by atoms with Crippen molar-refractivity contribution in [1.82, 2.24) is 4.57 Å². The lowest BCUT2D eigenvalue weighted by atomic mass is 10.0. The maximum atomic E-state index is 12.9. The van der Waals surface area contributed by atoms with Gasteiger partial charge in [-0.05, 0) is 22.9 Å². The second kappa shape index (κ2) is 6.66. The van der Waals surface area contributed by atoms with Gasteiger partial charge in [0.2, 0.25) is 0 Å². The lowest BCUT2D eigenvalue weighted by molar-refractivity contribution is -0.0499. The maximum Gasteiger partial charge on any atom is 0.534 e. The van der Waals surface area contributed by atoms with Gasteiger partial charge in [-0.3, -0.25) is 0 Å². The molecule has 0 radical (unpaired) electrons. The summed E-state index contributed by atoms with van der Waals surface area (Å²) in [5, 5.41) is 1.14. The van der Waals surface area contributed by atoms with Gasteiger partial charge < -0.3 is 8.75 Å². The van der Waals surface area contributed by atoms with Crippen LogP contribution in [0.1, 0.15) is 0 Å². The molecule has 3 aromatic rings. The summed E-state index contributed by atoms with van der Waals surface area (Å²) >= 11 is 0. The highest BCUT2D eigenvalue weighted by atomic mass is 32.2. The number of rotatable bonds is 4. The van der Waals surface area contributed by atoms with Crippen molar-refractivity contribution >= 4 is 34.3 Å². The first-order valence-corrected chi connectivity index (χ1v) is 13.4. The first kappa shape index (κ1) is 20.5. The van der Waals surface area contributed by atoms with Crippen LogP contribution in [0.2, 0.25) is 19.6 Å². The average Bonchev–Trinajstić information content (AvgIpc) is 2.89. The number of benzene rings is 2. The zero-order valence-corrected chi connectivity index (χ0v) is 17.6. The topological polar surface area (TPSA) is 48.3 Å². The first-order valence-electron chi connectivity index (χ1n) is 8.51. The smallest absolute Gasteiger partial charge is 0.376 e. The molecule has 150 valence electrons. The highest BCUT2D eigenvalue weighted by molar-refractivity contribution is 7.88. The molecule has 1 aromatic heterocycles. The quantitative estimate of drug-likeness (QED) is 0.347. The fourth-order valence-electron chi connectivity index (χ4n) is 3.08. The Kier molecular flexibility index (Phi) is 4.87. The van der Waals surface area contributed by atoms with E-state index in [4.69, 9.17) is 0 Å². The zero-order valence-electron chi connectivity index (χ0n) is 15.8. The minimum absolute atomic E-state index is 0.257. The first-order chi connectivity index (χ1) is 12.8. The van der Waals surface area contributed by atoms with E-state index in [1.165, 1.54) is 6.07 Å². The van der Waals surface area contributed by atoms with Crippen LogP contribution in [0.25, 0.3) is 22.0 Å². The molecule has 9 heteroatoms. The summed E-state index contributed by atoms with van der Waals surface area (Å²) in [5.41, 5.74) is -3.03. The molecule has 1 heterocycles. The summed E-state index contributed by atoms with van der Waals surface area (Å²) in [7, 11) is -6.13. The Morgan fingerprint density at radius 2 is 1.64 bits per heavy atom. The van der Waals surface area contributed by atoms with E-state index in [0.717, 1.165) is 16.6 Å². The van der Waals surface area contributed by atoms with Crippen LogP contribution in [0.15, 0.2) is 48.7 Å². The van der Waals surface area contributed by atoms with E-state index < -0.39 is 23.7 Å². The number of fused-ring (bicyclic) bond motifs is 1. The predicted octanol–water partition coefficient (Wildman–Crippen LogP) is 4.62. The lowest BCUT2D eigenvalue weighted by Gasteiger charge is -2.22. The van der Waals surface area contributed by atoms with Gasteiger partial charge in [0.15, 0.2) is 0 Å². The van der Waals surface area contributed by atoms with Gasteiger partial charge in [0, 0.05) is 29.7 Å². The summed E-state index contributed by atoms with van der Waals surface area (Å²) in [6.07, 6.45) is 1.87.